The molecule has 0 unspecified atom stereocenters. The van der Waals surface area contributed by atoms with Crippen molar-refractivity contribution in [1.82, 2.24) is 4.72 Å². The van der Waals surface area contributed by atoms with Gasteiger partial charge in [0.15, 0.2) is 0 Å². The number of amides is 1. The van der Waals surface area contributed by atoms with Gasteiger partial charge in [0.1, 0.15) is 5.82 Å². The lowest BCUT2D eigenvalue weighted by atomic mass is 9.96. The Labute approximate surface area is 152 Å². The van der Waals surface area contributed by atoms with Gasteiger partial charge in [-0.2, -0.15) is 0 Å². The first-order chi connectivity index (χ1) is 12.5. The zero-order valence-corrected chi connectivity index (χ0v) is 15.1. The molecule has 1 saturated carbocycles. The Balaban J connectivity index is 1.69. The maximum absolute atomic E-state index is 13.6. The molecule has 1 aliphatic rings. The molecule has 1 fully saturated rings. The molecule has 0 radical (unpaired) electrons. The molecule has 1 amide bonds. The van der Waals surface area contributed by atoms with Crippen molar-refractivity contribution in [2.75, 3.05) is 5.32 Å². The third-order valence-corrected chi connectivity index (χ3v) is 6.01. The fourth-order valence-electron chi connectivity index (χ4n) is 3.05. The average molecular weight is 376 g/mol. The molecule has 2 N–H and O–H groups in total. The van der Waals surface area contributed by atoms with E-state index >= 15 is 0 Å². The molecule has 0 heterocycles. The predicted molar refractivity (Wildman–Crippen MR) is 98.0 cm³/mol. The van der Waals surface area contributed by atoms with Crippen LogP contribution in [0.5, 0.6) is 0 Å². The number of sulfonamides is 1. The molecule has 2 aromatic carbocycles. The second-order valence-electron chi connectivity index (χ2n) is 6.41. The summed E-state index contributed by atoms with van der Waals surface area (Å²) in [5, 5.41) is 2.47. The van der Waals surface area contributed by atoms with Crippen LogP contribution in [0.2, 0.25) is 0 Å². The Kier molecular flexibility index (Phi) is 5.68. The van der Waals surface area contributed by atoms with E-state index in [1.54, 1.807) is 6.07 Å². The molecule has 26 heavy (non-hydrogen) atoms. The number of rotatable bonds is 5. The standard InChI is InChI=1S/C19H21FN2O3S/c20-17-8-4-5-9-18(17)21-19(23)14-10-12-16(13-11-14)26(24,25)22-15-6-2-1-3-7-15/h4-5,8-13,15,22H,1-3,6-7H2,(H,21,23). The highest BCUT2D eigenvalue weighted by Gasteiger charge is 2.22. The predicted octanol–water partition coefficient (Wildman–Crippen LogP) is 3.69. The summed E-state index contributed by atoms with van der Waals surface area (Å²) in [7, 11) is -3.61. The zero-order chi connectivity index (χ0) is 18.6. The molecule has 0 atom stereocenters. The second-order valence-corrected chi connectivity index (χ2v) is 8.13. The first-order valence-electron chi connectivity index (χ1n) is 8.64. The van der Waals surface area contributed by atoms with Crippen LogP contribution >= 0.6 is 0 Å². The van der Waals surface area contributed by atoms with Crippen molar-refractivity contribution in [1.29, 1.82) is 0 Å². The van der Waals surface area contributed by atoms with Crippen molar-refractivity contribution < 1.29 is 17.6 Å². The van der Waals surface area contributed by atoms with Gasteiger partial charge >= 0.3 is 0 Å². The Morgan fingerprint density at radius 3 is 2.27 bits per heavy atom. The highest BCUT2D eigenvalue weighted by Crippen LogP contribution is 2.20. The largest absolute Gasteiger partial charge is 0.319 e. The van der Waals surface area contributed by atoms with Gasteiger partial charge in [0, 0.05) is 11.6 Å². The highest BCUT2D eigenvalue weighted by molar-refractivity contribution is 7.89. The van der Waals surface area contributed by atoms with Gasteiger partial charge in [-0.1, -0.05) is 31.4 Å². The van der Waals surface area contributed by atoms with Gasteiger partial charge in [-0.3, -0.25) is 4.79 Å². The minimum Gasteiger partial charge on any atom is -0.319 e. The van der Waals surface area contributed by atoms with E-state index in [9.17, 15) is 17.6 Å². The van der Waals surface area contributed by atoms with Crippen LogP contribution in [0, 0.1) is 5.82 Å². The van der Waals surface area contributed by atoms with Crippen LogP contribution in [-0.2, 0) is 10.0 Å². The lowest BCUT2D eigenvalue weighted by molar-refractivity contribution is 0.102. The Bertz CT molecular complexity index is 876. The van der Waals surface area contributed by atoms with Crippen molar-refractivity contribution in [3.8, 4) is 0 Å². The van der Waals surface area contributed by atoms with Crippen molar-refractivity contribution in [3.05, 3.63) is 59.9 Å². The summed E-state index contributed by atoms with van der Waals surface area (Å²) in [6, 6.07) is 11.5. The fourth-order valence-corrected chi connectivity index (χ4v) is 4.36. The van der Waals surface area contributed by atoms with E-state index in [1.807, 2.05) is 0 Å². The number of carbonyl (C=O) groups excluding carboxylic acids is 1. The van der Waals surface area contributed by atoms with Gasteiger partial charge in [0.05, 0.1) is 10.6 Å². The van der Waals surface area contributed by atoms with Gasteiger partial charge in [-0.15, -0.1) is 0 Å². The maximum atomic E-state index is 13.6. The molecule has 0 aromatic heterocycles. The number of hydrogen-bond acceptors (Lipinski definition) is 3. The molecule has 138 valence electrons. The van der Waals surface area contributed by atoms with Crippen molar-refractivity contribution >= 4 is 21.6 Å². The number of carbonyl (C=O) groups is 1. The molecule has 0 spiro atoms. The van der Waals surface area contributed by atoms with Crippen LogP contribution in [0.4, 0.5) is 10.1 Å². The van der Waals surface area contributed by atoms with Crippen LogP contribution in [0.1, 0.15) is 42.5 Å². The SMILES string of the molecule is O=C(Nc1ccccc1F)c1ccc(S(=O)(=O)NC2CCCCC2)cc1. The first-order valence-corrected chi connectivity index (χ1v) is 10.1. The lowest BCUT2D eigenvalue weighted by Crippen LogP contribution is -2.36. The molecular weight excluding hydrogens is 355 g/mol. The van der Waals surface area contributed by atoms with Gasteiger partial charge in [-0.25, -0.2) is 17.5 Å². The number of para-hydroxylation sites is 1. The summed E-state index contributed by atoms with van der Waals surface area (Å²) in [5.41, 5.74) is 0.332. The second kappa shape index (κ2) is 7.97. The van der Waals surface area contributed by atoms with Crippen molar-refractivity contribution in [3.63, 3.8) is 0 Å². The summed E-state index contributed by atoms with van der Waals surface area (Å²) >= 11 is 0. The quantitative estimate of drug-likeness (QED) is 0.836. The van der Waals surface area contributed by atoms with E-state index in [0.717, 1.165) is 32.1 Å². The zero-order valence-electron chi connectivity index (χ0n) is 14.2. The van der Waals surface area contributed by atoms with Crippen LogP contribution in [0.25, 0.3) is 0 Å². The number of benzene rings is 2. The summed E-state index contributed by atoms with van der Waals surface area (Å²) in [4.78, 5) is 12.3. The molecule has 1 aliphatic carbocycles. The number of halogens is 1. The van der Waals surface area contributed by atoms with Gasteiger partial charge in [0.25, 0.3) is 5.91 Å². The van der Waals surface area contributed by atoms with Gasteiger partial charge < -0.3 is 5.32 Å². The lowest BCUT2D eigenvalue weighted by Gasteiger charge is -2.22. The van der Waals surface area contributed by atoms with Crippen LogP contribution in [0.3, 0.4) is 0 Å². The fraction of sp³-hybridized carbons (Fsp3) is 0.316. The summed E-state index contributed by atoms with van der Waals surface area (Å²) in [6.07, 6.45) is 4.90. The molecule has 0 saturated heterocycles. The summed E-state index contributed by atoms with van der Waals surface area (Å²) in [6.45, 7) is 0. The van der Waals surface area contributed by atoms with E-state index in [4.69, 9.17) is 0 Å². The molecule has 0 bridgehead atoms. The minimum absolute atomic E-state index is 0.0298. The van der Waals surface area contributed by atoms with E-state index in [1.165, 1.54) is 42.5 Å². The van der Waals surface area contributed by atoms with Crippen molar-refractivity contribution in [2.45, 2.75) is 43.0 Å². The molecule has 2 aromatic rings. The molecule has 7 heteroatoms. The number of anilines is 1. The van der Waals surface area contributed by atoms with E-state index < -0.39 is 21.7 Å². The Hall–Kier alpha value is -2.25. The van der Waals surface area contributed by atoms with Crippen LogP contribution in [-0.4, -0.2) is 20.4 Å². The minimum atomic E-state index is -3.61. The van der Waals surface area contributed by atoms with Crippen molar-refractivity contribution in [2.24, 2.45) is 0 Å². The summed E-state index contributed by atoms with van der Waals surface area (Å²) < 4.78 is 41.2. The third kappa shape index (κ3) is 4.47. The van der Waals surface area contributed by atoms with E-state index in [-0.39, 0.29) is 22.2 Å². The van der Waals surface area contributed by atoms with E-state index in [2.05, 4.69) is 10.0 Å². The molecule has 3 rings (SSSR count). The Morgan fingerprint density at radius 2 is 1.62 bits per heavy atom. The third-order valence-electron chi connectivity index (χ3n) is 4.48. The topological polar surface area (TPSA) is 75.3 Å². The monoisotopic (exact) mass is 376 g/mol. The number of hydrogen-bond donors (Lipinski definition) is 2. The van der Waals surface area contributed by atoms with Gasteiger partial charge in [0.2, 0.25) is 10.0 Å². The normalized spacial score (nSPS) is 15.6. The first kappa shape index (κ1) is 18.5. The molecular formula is C19H21FN2O3S. The van der Waals surface area contributed by atoms with Gasteiger partial charge in [-0.05, 0) is 49.2 Å². The Morgan fingerprint density at radius 1 is 0.962 bits per heavy atom. The molecule has 0 aliphatic heterocycles. The smallest absolute Gasteiger partial charge is 0.255 e. The van der Waals surface area contributed by atoms with Crippen LogP contribution in [0.15, 0.2) is 53.4 Å². The number of nitrogens with one attached hydrogen (secondary N) is 2. The average Bonchev–Trinajstić information content (AvgIpc) is 2.64. The maximum Gasteiger partial charge on any atom is 0.255 e. The van der Waals surface area contributed by atoms with E-state index in [0.29, 0.717) is 0 Å². The highest BCUT2D eigenvalue weighted by atomic mass is 32.2. The van der Waals surface area contributed by atoms with Crippen LogP contribution < -0.4 is 10.0 Å². The summed E-state index contributed by atoms with van der Waals surface area (Å²) in [5.74, 6) is -1.03. The molecule has 5 nitrogen and oxygen atoms in total.